The van der Waals surface area contributed by atoms with Crippen LogP contribution in [0.15, 0.2) is 24.3 Å². The van der Waals surface area contributed by atoms with E-state index < -0.39 is 5.41 Å². The van der Waals surface area contributed by atoms with E-state index in [9.17, 15) is 14.9 Å². The van der Waals surface area contributed by atoms with E-state index in [-0.39, 0.29) is 11.9 Å². The van der Waals surface area contributed by atoms with Crippen LogP contribution in [0.2, 0.25) is 0 Å². The Kier molecular flexibility index (Phi) is 4.59. The van der Waals surface area contributed by atoms with E-state index in [0.29, 0.717) is 24.9 Å². The standard InChI is InChI=1S/C16H18N2O3/c1-21-14(19)13-6-4-12(5-7-13)10-18-15(20)16(11-17)8-2-3-9-16/h4-7H,2-3,8-10H2,1H3,(H,18,20). The summed E-state index contributed by atoms with van der Waals surface area (Å²) in [5, 5.41) is 12.1. The first kappa shape index (κ1) is 15.0. The number of carbonyl (C=O) groups is 2. The number of hydrogen-bond donors (Lipinski definition) is 1. The molecule has 1 aromatic rings. The SMILES string of the molecule is COC(=O)c1ccc(CNC(=O)C2(C#N)CCCC2)cc1. The molecule has 0 saturated heterocycles. The molecule has 21 heavy (non-hydrogen) atoms. The fourth-order valence-corrected chi connectivity index (χ4v) is 2.60. The van der Waals surface area contributed by atoms with E-state index in [2.05, 4.69) is 16.1 Å². The zero-order valence-electron chi connectivity index (χ0n) is 12.0. The van der Waals surface area contributed by atoms with Gasteiger partial charge in [0.2, 0.25) is 5.91 Å². The maximum Gasteiger partial charge on any atom is 0.337 e. The minimum absolute atomic E-state index is 0.195. The van der Waals surface area contributed by atoms with Crippen LogP contribution >= 0.6 is 0 Å². The summed E-state index contributed by atoms with van der Waals surface area (Å²) >= 11 is 0. The van der Waals surface area contributed by atoms with Crippen molar-refractivity contribution in [3.63, 3.8) is 0 Å². The molecule has 0 unspecified atom stereocenters. The number of ether oxygens (including phenoxy) is 1. The first-order chi connectivity index (χ1) is 10.1. The Bertz CT molecular complexity index is 566. The number of nitrogens with one attached hydrogen (secondary N) is 1. The predicted octanol–water partition coefficient (Wildman–Crippen LogP) is 2.17. The highest BCUT2D eigenvalue weighted by atomic mass is 16.5. The van der Waals surface area contributed by atoms with Crippen molar-refractivity contribution in [1.82, 2.24) is 5.32 Å². The van der Waals surface area contributed by atoms with Crippen molar-refractivity contribution in [2.45, 2.75) is 32.2 Å². The van der Waals surface area contributed by atoms with Gasteiger partial charge in [-0.15, -0.1) is 0 Å². The lowest BCUT2D eigenvalue weighted by atomic mass is 9.87. The van der Waals surface area contributed by atoms with Gasteiger partial charge in [0.25, 0.3) is 0 Å². The number of hydrogen-bond acceptors (Lipinski definition) is 4. The number of rotatable bonds is 4. The summed E-state index contributed by atoms with van der Waals surface area (Å²) in [7, 11) is 1.33. The van der Waals surface area contributed by atoms with Gasteiger partial charge in [-0.05, 0) is 30.5 Å². The van der Waals surface area contributed by atoms with E-state index in [1.54, 1.807) is 24.3 Å². The molecule has 0 aromatic heterocycles. The molecule has 2 rings (SSSR count). The van der Waals surface area contributed by atoms with Crippen LogP contribution in [0, 0.1) is 16.7 Å². The number of amides is 1. The van der Waals surface area contributed by atoms with Crippen LogP contribution in [-0.4, -0.2) is 19.0 Å². The third-order valence-electron chi connectivity index (χ3n) is 3.93. The lowest BCUT2D eigenvalue weighted by Crippen LogP contribution is -2.37. The van der Waals surface area contributed by atoms with Crippen LogP contribution in [0.25, 0.3) is 0 Å². The summed E-state index contributed by atoms with van der Waals surface area (Å²) in [6, 6.07) is 9.01. The number of carbonyl (C=O) groups excluding carboxylic acids is 2. The van der Waals surface area contributed by atoms with E-state index in [4.69, 9.17) is 0 Å². The zero-order chi connectivity index (χ0) is 15.3. The minimum atomic E-state index is -0.855. The first-order valence-electron chi connectivity index (χ1n) is 6.98. The molecule has 0 heterocycles. The average molecular weight is 286 g/mol. The quantitative estimate of drug-likeness (QED) is 0.860. The maximum atomic E-state index is 12.2. The fourth-order valence-electron chi connectivity index (χ4n) is 2.60. The second-order valence-corrected chi connectivity index (χ2v) is 5.27. The van der Waals surface area contributed by atoms with Gasteiger partial charge in [0.15, 0.2) is 0 Å². The van der Waals surface area contributed by atoms with E-state index in [1.807, 2.05) is 0 Å². The monoisotopic (exact) mass is 286 g/mol. The van der Waals surface area contributed by atoms with Gasteiger partial charge in [0.05, 0.1) is 18.7 Å². The van der Waals surface area contributed by atoms with Crippen molar-refractivity contribution >= 4 is 11.9 Å². The molecule has 1 aliphatic rings. The fraction of sp³-hybridized carbons (Fsp3) is 0.438. The normalized spacial score (nSPS) is 16.0. The van der Waals surface area contributed by atoms with Crippen molar-refractivity contribution in [3.05, 3.63) is 35.4 Å². The highest BCUT2D eigenvalue weighted by Gasteiger charge is 2.41. The van der Waals surface area contributed by atoms with Crippen LogP contribution in [0.1, 0.15) is 41.6 Å². The van der Waals surface area contributed by atoms with Crippen LogP contribution in [0.3, 0.4) is 0 Å². The number of methoxy groups -OCH3 is 1. The third kappa shape index (κ3) is 3.22. The summed E-state index contributed by atoms with van der Waals surface area (Å²) in [6.45, 7) is 0.351. The molecular formula is C16H18N2O3. The van der Waals surface area contributed by atoms with Crippen molar-refractivity contribution in [1.29, 1.82) is 5.26 Å². The van der Waals surface area contributed by atoms with Crippen LogP contribution < -0.4 is 5.32 Å². The van der Waals surface area contributed by atoms with Gasteiger partial charge in [-0.25, -0.2) is 4.79 Å². The topological polar surface area (TPSA) is 79.2 Å². The molecule has 1 aliphatic carbocycles. The Labute approximate surface area is 123 Å². The number of esters is 1. The zero-order valence-corrected chi connectivity index (χ0v) is 12.0. The summed E-state index contributed by atoms with van der Waals surface area (Å²) in [5.74, 6) is -0.584. The maximum absolute atomic E-state index is 12.2. The Hall–Kier alpha value is -2.35. The van der Waals surface area contributed by atoms with Crippen LogP contribution in [0.5, 0.6) is 0 Å². The number of benzene rings is 1. The molecule has 1 saturated carbocycles. The molecule has 1 amide bonds. The molecule has 0 spiro atoms. The molecule has 0 radical (unpaired) electrons. The Balaban J connectivity index is 1.95. The molecular weight excluding hydrogens is 268 g/mol. The van der Waals surface area contributed by atoms with Gasteiger partial charge in [-0.2, -0.15) is 5.26 Å². The van der Waals surface area contributed by atoms with E-state index in [0.717, 1.165) is 18.4 Å². The number of nitrogens with zero attached hydrogens (tertiary/aromatic N) is 1. The highest BCUT2D eigenvalue weighted by Crippen LogP contribution is 2.37. The lowest BCUT2D eigenvalue weighted by molar-refractivity contribution is -0.128. The smallest absolute Gasteiger partial charge is 0.337 e. The average Bonchev–Trinajstić information content (AvgIpc) is 3.02. The van der Waals surface area contributed by atoms with E-state index in [1.165, 1.54) is 7.11 Å². The Morgan fingerprint density at radius 2 is 1.90 bits per heavy atom. The first-order valence-corrected chi connectivity index (χ1v) is 6.98. The Morgan fingerprint density at radius 1 is 1.29 bits per heavy atom. The van der Waals surface area contributed by atoms with Gasteiger partial charge in [-0.1, -0.05) is 25.0 Å². The lowest BCUT2D eigenvalue weighted by Gasteiger charge is -2.19. The molecule has 1 fully saturated rings. The van der Waals surface area contributed by atoms with E-state index >= 15 is 0 Å². The van der Waals surface area contributed by atoms with Crippen LogP contribution in [-0.2, 0) is 16.1 Å². The largest absolute Gasteiger partial charge is 0.465 e. The van der Waals surface area contributed by atoms with Crippen molar-refractivity contribution in [2.24, 2.45) is 5.41 Å². The van der Waals surface area contributed by atoms with Gasteiger partial charge in [0, 0.05) is 6.54 Å². The number of nitriles is 1. The Morgan fingerprint density at radius 3 is 2.43 bits per heavy atom. The van der Waals surface area contributed by atoms with Gasteiger partial charge < -0.3 is 10.1 Å². The summed E-state index contributed by atoms with van der Waals surface area (Å²) < 4.78 is 4.62. The van der Waals surface area contributed by atoms with Gasteiger partial charge in [0.1, 0.15) is 5.41 Å². The summed E-state index contributed by atoms with van der Waals surface area (Å²) in [6.07, 6.45) is 3.12. The molecule has 0 aliphatic heterocycles. The molecule has 0 bridgehead atoms. The summed E-state index contributed by atoms with van der Waals surface area (Å²) in [4.78, 5) is 23.5. The third-order valence-corrected chi connectivity index (χ3v) is 3.93. The predicted molar refractivity (Wildman–Crippen MR) is 76.1 cm³/mol. The van der Waals surface area contributed by atoms with Gasteiger partial charge in [-0.3, -0.25) is 4.79 Å². The molecule has 5 nitrogen and oxygen atoms in total. The molecule has 1 N–H and O–H groups in total. The van der Waals surface area contributed by atoms with Gasteiger partial charge >= 0.3 is 5.97 Å². The molecule has 0 atom stereocenters. The van der Waals surface area contributed by atoms with Crippen LogP contribution in [0.4, 0.5) is 0 Å². The molecule has 1 aromatic carbocycles. The molecule has 110 valence electrons. The highest BCUT2D eigenvalue weighted by molar-refractivity contribution is 5.89. The second-order valence-electron chi connectivity index (χ2n) is 5.27. The molecule has 5 heteroatoms. The van der Waals surface area contributed by atoms with Crippen molar-refractivity contribution < 1.29 is 14.3 Å². The van der Waals surface area contributed by atoms with Crippen molar-refractivity contribution in [2.75, 3.05) is 7.11 Å². The minimum Gasteiger partial charge on any atom is -0.465 e. The summed E-state index contributed by atoms with van der Waals surface area (Å²) in [5.41, 5.74) is 0.491. The second kappa shape index (κ2) is 6.40. The van der Waals surface area contributed by atoms with Crippen molar-refractivity contribution in [3.8, 4) is 6.07 Å².